The zero-order chi connectivity index (χ0) is 19.7. The van der Waals surface area contributed by atoms with Gasteiger partial charge in [0.2, 0.25) is 0 Å². The number of Topliss-reactive ketones (excluding diaryl/α,β-unsaturated/α-hetero) is 1. The van der Waals surface area contributed by atoms with Gasteiger partial charge in [-0.1, -0.05) is 0 Å². The monoisotopic (exact) mass is 366 g/mol. The third kappa shape index (κ3) is 6.65. The maximum atomic E-state index is 11.2. The van der Waals surface area contributed by atoms with Gasteiger partial charge in [0.05, 0.1) is 32.4 Å². The first-order valence-corrected chi connectivity index (χ1v) is 8.59. The van der Waals surface area contributed by atoms with Crippen molar-refractivity contribution < 1.29 is 23.8 Å². The van der Waals surface area contributed by atoms with Crippen LogP contribution in [0.3, 0.4) is 0 Å². The van der Waals surface area contributed by atoms with E-state index in [2.05, 4.69) is 9.64 Å². The number of methoxy groups -OCH3 is 3. The number of rotatable bonds is 5. The number of ether oxygens (including phenoxy) is 3. The fourth-order valence-corrected chi connectivity index (χ4v) is 2.74. The number of nitrogens with two attached hydrogens (primary N) is 1. The smallest absolute Gasteiger partial charge is 0.319 e. The van der Waals surface area contributed by atoms with Crippen molar-refractivity contribution in [3.63, 3.8) is 0 Å². The summed E-state index contributed by atoms with van der Waals surface area (Å²) in [5.74, 6) is 0.354. The molecule has 1 heterocycles. The van der Waals surface area contributed by atoms with Crippen molar-refractivity contribution in [1.29, 1.82) is 0 Å². The van der Waals surface area contributed by atoms with Gasteiger partial charge in [-0.3, -0.25) is 14.5 Å². The SMILES string of the molecule is COC(=O)CN1CCCC(OC)C1.COc1cc(N)c(C)cc1C(C)=O. The van der Waals surface area contributed by atoms with Crippen LogP contribution in [0.1, 0.15) is 35.7 Å². The van der Waals surface area contributed by atoms with Crippen molar-refractivity contribution in [2.75, 3.05) is 46.7 Å². The summed E-state index contributed by atoms with van der Waals surface area (Å²) >= 11 is 0. The van der Waals surface area contributed by atoms with E-state index in [9.17, 15) is 9.59 Å². The molecule has 0 bridgehead atoms. The molecule has 0 saturated carbocycles. The first-order valence-electron chi connectivity index (χ1n) is 8.59. The van der Waals surface area contributed by atoms with Crippen molar-refractivity contribution in [3.05, 3.63) is 23.3 Å². The van der Waals surface area contributed by atoms with E-state index in [1.807, 2.05) is 6.92 Å². The van der Waals surface area contributed by atoms with Crippen LogP contribution in [0.15, 0.2) is 12.1 Å². The lowest BCUT2D eigenvalue weighted by molar-refractivity contribution is -0.142. The summed E-state index contributed by atoms with van der Waals surface area (Å²) < 4.78 is 14.9. The van der Waals surface area contributed by atoms with Crippen molar-refractivity contribution in [2.45, 2.75) is 32.8 Å². The van der Waals surface area contributed by atoms with Gasteiger partial charge in [0.15, 0.2) is 5.78 Å². The predicted molar refractivity (Wildman–Crippen MR) is 101 cm³/mol. The summed E-state index contributed by atoms with van der Waals surface area (Å²) in [4.78, 5) is 24.2. The molecule has 0 amide bonds. The number of nitrogen functional groups attached to an aromatic ring is 1. The van der Waals surface area contributed by atoms with Crippen LogP contribution in [0.25, 0.3) is 0 Å². The Morgan fingerprint density at radius 1 is 1.27 bits per heavy atom. The first-order chi connectivity index (χ1) is 12.3. The molecule has 0 spiro atoms. The second-order valence-corrected chi connectivity index (χ2v) is 6.28. The number of piperidine rings is 1. The minimum atomic E-state index is -0.170. The maximum Gasteiger partial charge on any atom is 0.319 e. The van der Waals surface area contributed by atoms with Crippen LogP contribution in [0.4, 0.5) is 5.69 Å². The van der Waals surface area contributed by atoms with Crippen LogP contribution in [-0.4, -0.2) is 63.7 Å². The van der Waals surface area contributed by atoms with Gasteiger partial charge in [-0.2, -0.15) is 0 Å². The van der Waals surface area contributed by atoms with Crippen LogP contribution < -0.4 is 10.5 Å². The van der Waals surface area contributed by atoms with Crippen LogP contribution in [-0.2, 0) is 14.3 Å². The molecule has 26 heavy (non-hydrogen) atoms. The summed E-state index contributed by atoms with van der Waals surface area (Å²) in [6.45, 7) is 5.56. The van der Waals surface area contributed by atoms with Gasteiger partial charge in [0.1, 0.15) is 5.75 Å². The Labute approximate surface area is 155 Å². The summed E-state index contributed by atoms with van der Waals surface area (Å²) in [6.07, 6.45) is 2.46. The number of likely N-dealkylation sites (tertiary alicyclic amines) is 1. The van der Waals surface area contributed by atoms with Crippen LogP contribution >= 0.6 is 0 Å². The molecule has 0 aliphatic carbocycles. The van der Waals surface area contributed by atoms with Crippen molar-refractivity contribution >= 4 is 17.4 Å². The topological polar surface area (TPSA) is 91.1 Å². The van der Waals surface area contributed by atoms with E-state index in [1.165, 1.54) is 21.1 Å². The minimum Gasteiger partial charge on any atom is -0.496 e. The molecular formula is C19H30N2O5. The number of carbonyl (C=O) groups is 2. The Morgan fingerprint density at radius 3 is 2.50 bits per heavy atom. The van der Waals surface area contributed by atoms with E-state index < -0.39 is 0 Å². The normalized spacial score (nSPS) is 17.0. The molecule has 1 atom stereocenters. The van der Waals surface area contributed by atoms with Crippen molar-refractivity contribution in [2.24, 2.45) is 0 Å². The quantitative estimate of drug-likeness (QED) is 0.484. The number of hydrogen-bond acceptors (Lipinski definition) is 7. The molecule has 1 fully saturated rings. The summed E-state index contributed by atoms with van der Waals surface area (Å²) in [5, 5.41) is 0. The molecule has 1 saturated heterocycles. The highest BCUT2D eigenvalue weighted by Crippen LogP contribution is 2.25. The van der Waals surface area contributed by atoms with E-state index >= 15 is 0 Å². The minimum absolute atomic E-state index is 0.0139. The molecule has 7 nitrogen and oxygen atoms in total. The fourth-order valence-electron chi connectivity index (χ4n) is 2.74. The lowest BCUT2D eigenvalue weighted by atomic mass is 10.1. The zero-order valence-electron chi connectivity index (χ0n) is 16.3. The second-order valence-electron chi connectivity index (χ2n) is 6.28. The molecule has 1 aliphatic rings. The number of hydrogen-bond donors (Lipinski definition) is 1. The van der Waals surface area contributed by atoms with Gasteiger partial charge in [-0.05, 0) is 44.9 Å². The highest BCUT2D eigenvalue weighted by Gasteiger charge is 2.21. The number of anilines is 1. The number of carbonyl (C=O) groups excluding carboxylic acids is 2. The van der Waals surface area contributed by atoms with Crippen LogP contribution in [0, 0.1) is 6.92 Å². The lowest BCUT2D eigenvalue weighted by Gasteiger charge is -2.30. The van der Waals surface area contributed by atoms with E-state index in [1.54, 1.807) is 19.2 Å². The molecule has 0 radical (unpaired) electrons. The number of esters is 1. The Balaban J connectivity index is 0.000000260. The van der Waals surface area contributed by atoms with Gasteiger partial charge in [-0.15, -0.1) is 0 Å². The maximum absolute atomic E-state index is 11.2. The number of nitrogens with zero attached hydrogens (tertiary/aromatic N) is 1. The molecule has 1 aromatic rings. The zero-order valence-corrected chi connectivity index (χ0v) is 16.3. The number of ketones is 1. The summed E-state index contributed by atoms with van der Waals surface area (Å²) in [7, 11) is 4.66. The Kier molecular flexibility index (Phi) is 9.09. The molecule has 1 unspecified atom stereocenters. The fraction of sp³-hybridized carbons (Fsp3) is 0.579. The van der Waals surface area contributed by atoms with Crippen LogP contribution in [0.2, 0.25) is 0 Å². The Morgan fingerprint density at radius 2 is 1.96 bits per heavy atom. The number of aryl methyl sites for hydroxylation is 1. The third-order valence-corrected chi connectivity index (χ3v) is 4.34. The third-order valence-electron chi connectivity index (χ3n) is 4.34. The predicted octanol–water partition coefficient (Wildman–Crippen LogP) is 2.06. The largest absolute Gasteiger partial charge is 0.496 e. The van der Waals surface area contributed by atoms with E-state index in [-0.39, 0.29) is 17.9 Å². The number of benzene rings is 1. The van der Waals surface area contributed by atoms with Gasteiger partial charge in [-0.25, -0.2) is 0 Å². The average Bonchev–Trinajstić information content (AvgIpc) is 2.63. The van der Waals surface area contributed by atoms with E-state index in [0.717, 1.165) is 31.5 Å². The molecule has 1 aliphatic heterocycles. The second kappa shape index (κ2) is 10.8. The Hall–Kier alpha value is -2.12. The average molecular weight is 366 g/mol. The molecule has 2 N–H and O–H groups in total. The molecule has 146 valence electrons. The standard InChI is InChI=1S/C10H13NO2.C9H17NO3/c1-6-4-8(7(2)12)10(13-3)5-9(6)11;1-12-8-4-3-5-10(6-8)7-9(11)13-2/h4-5H,11H2,1-3H3;8H,3-7H2,1-2H3. The van der Waals surface area contributed by atoms with Gasteiger partial charge < -0.3 is 19.9 Å². The Bertz CT molecular complexity index is 618. The lowest BCUT2D eigenvalue weighted by Crippen LogP contribution is -2.42. The summed E-state index contributed by atoms with van der Waals surface area (Å²) in [6, 6.07) is 3.42. The first kappa shape index (κ1) is 21.9. The van der Waals surface area contributed by atoms with E-state index in [0.29, 0.717) is 23.5 Å². The highest BCUT2D eigenvalue weighted by molar-refractivity contribution is 5.97. The summed E-state index contributed by atoms with van der Waals surface area (Å²) in [5.41, 5.74) is 7.79. The molecule has 0 aromatic heterocycles. The van der Waals surface area contributed by atoms with Gasteiger partial charge in [0, 0.05) is 25.4 Å². The van der Waals surface area contributed by atoms with Crippen molar-refractivity contribution in [1.82, 2.24) is 4.90 Å². The molecule has 1 aromatic carbocycles. The molecule has 7 heteroatoms. The molecular weight excluding hydrogens is 336 g/mol. The highest BCUT2D eigenvalue weighted by atomic mass is 16.5. The van der Waals surface area contributed by atoms with E-state index in [4.69, 9.17) is 15.2 Å². The van der Waals surface area contributed by atoms with Crippen molar-refractivity contribution in [3.8, 4) is 5.75 Å². The van der Waals surface area contributed by atoms with Gasteiger partial charge >= 0.3 is 5.97 Å². The molecule has 2 rings (SSSR count). The van der Waals surface area contributed by atoms with Crippen LogP contribution in [0.5, 0.6) is 5.75 Å². The van der Waals surface area contributed by atoms with Gasteiger partial charge in [0.25, 0.3) is 0 Å².